The number of esters is 1. The van der Waals surface area contributed by atoms with Crippen molar-refractivity contribution in [1.29, 1.82) is 0 Å². The first-order chi connectivity index (χ1) is 15.8. The van der Waals surface area contributed by atoms with Crippen molar-refractivity contribution in [3.8, 4) is 0 Å². The number of carbonyl (C=O) groups excluding carboxylic acids is 4. The Kier molecular flexibility index (Phi) is 7.57. The highest BCUT2D eigenvalue weighted by molar-refractivity contribution is 6.23. The molecule has 1 saturated heterocycles. The van der Waals surface area contributed by atoms with Crippen molar-refractivity contribution in [2.24, 2.45) is 0 Å². The summed E-state index contributed by atoms with van der Waals surface area (Å²) < 4.78 is 15.2. The van der Waals surface area contributed by atoms with Crippen LogP contribution in [0.1, 0.15) is 32.7 Å². The molecule has 1 atom stereocenters. The van der Waals surface area contributed by atoms with Crippen LogP contribution in [-0.2, 0) is 23.8 Å². The summed E-state index contributed by atoms with van der Waals surface area (Å²) in [7, 11) is 4.13. The molecule has 1 aliphatic heterocycles. The monoisotopic (exact) mass is 454 g/mol. The van der Waals surface area contributed by atoms with E-state index in [4.69, 9.17) is 9.47 Å². The summed E-state index contributed by atoms with van der Waals surface area (Å²) in [4.78, 5) is 53.5. The number of aryl methyl sites for hydroxylation is 1. The number of rotatable bonds is 8. The number of nitrogens with zero attached hydrogens (tertiary/aromatic N) is 2. The fraction of sp³-hybridized carbons (Fsp3) is 0.333. The minimum absolute atomic E-state index is 0.0431. The van der Waals surface area contributed by atoms with Gasteiger partial charge in [0, 0.05) is 19.8 Å². The van der Waals surface area contributed by atoms with Gasteiger partial charge in [0.25, 0.3) is 11.8 Å². The van der Waals surface area contributed by atoms with E-state index in [2.05, 4.69) is 4.74 Å². The molecule has 0 bridgehead atoms. The van der Waals surface area contributed by atoms with Gasteiger partial charge >= 0.3 is 5.97 Å². The van der Waals surface area contributed by atoms with E-state index in [1.54, 1.807) is 24.3 Å². The lowest BCUT2D eigenvalue weighted by atomic mass is 10.1. The van der Waals surface area contributed by atoms with Crippen molar-refractivity contribution in [3.63, 3.8) is 0 Å². The van der Waals surface area contributed by atoms with E-state index in [1.807, 2.05) is 6.92 Å². The standard InChI is InChI=1S/C24H26N2O7/c1-15-5-7-16(8-6-15)22(28)25(14-21(31-2)32-3)19-13-20(27)26(23(19)29)18-11-9-17(10-12-18)24(30)33-4/h5-12,19,21H,13-14H2,1-4H3. The van der Waals surface area contributed by atoms with Crippen LogP contribution in [-0.4, -0.2) is 68.8 Å². The second-order valence-corrected chi connectivity index (χ2v) is 7.55. The van der Waals surface area contributed by atoms with Crippen LogP contribution in [0.2, 0.25) is 0 Å². The van der Waals surface area contributed by atoms with Gasteiger partial charge in [-0.25, -0.2) is 9.69 Å². The zero-order valence-corrected chi connectivity index (χ0v) is 18.9. The Labute approximate surface area is 191 Å². The maximum atomic E-state index is 13.3. The van der Waals surface area contributed by atoms with E-state index in [0.29, 0.717) is 11.3 Å². The van der Waals surface area contributed by atoms with E-state index in [1.165, 1.54) is 50.5 Å². The van der Waals surface area contributed by atoms with Crippen LogP contribution < -0.4 is 4.90 Å². The molecule has 0 radical (unpaired) electrons. The summed E-state index contributed by atoms with van der Waals surface area (Å²) in [5.41, 5.74) is 1.96. The number of anilines is 1. The first-order valence-electron chi connectivity index (χ1n) is 10.3. The molecule has 9 nitrogen and oxygen atoms in total. The molecule has 1 heterocycles. The smallest absolute Gasteiger partial charge is 0.337 e. The predicted octanol–water partition coefficient (Wildman–Crippen LogP) is 2.17. The number of methoxy groups -OCH3 is 3. The zero-order valence-electron chi connectivity index (χ0n) is 18.9. The third kappa shape index (κ3) is 5.10. The fourth-order valence-corrected chi connectivity index (χ4v) is 3.61. The van der Waals surface area contributed by atoms with Crippen LogP contribution in [0.3, 0.4) is 0 Å². The van der Waals surface area contributed by atoms with Crippen molar-refractivity contribution in [3.05, 3.63) is 65.2 Å². The largest absolute Gasteiger partial charge is 0.465 e. The predicted molar refractivity (Wildman–Crippen MR) is 119 cm³/mol. The summed E-state index contributed by atoms with van der Waals surface area (Å²) in [6, 6.07) is 11.8. The van der Waals surface area contributed by atoms with Crippen LogP contribution in [0.4, 0.5) is 5.69 Å². The summed E-state index contributed by atoms with van der Waals surface area (Å²) in [5, 5.41) is 0. The molecule has 33 heavy (non-hydrogen) atoms. The highest BCUT2D eigenvalue weighted by Gasteiger charge is 2.45. The second kappa shape index (κ2) is 10.4. The second-order valence-electron chi connectivity index (χ2n) is 7.55. The van der Waals surface area contributed by atoms with Gasteiger partial charge in [-0.15, -0.1) is 0 Å². The van der Waals surface area contributed by atoms with Crippen molar-refractivity contribution in [2.45, 2.75) is 25.7 Å². The zero-order chi connectivity index (χ0) is 24.1. The van der Waals surface area contributed by atoms with Gasteiger partial charge in [-0.3, -0.25) is 14.4 Å². The van der Waals surface area contributed by atoms with Crippen LogP contribution in [0.5, 0.6) is 0 Å². The Bertz CT molecular complexity index is 1030. The van der Waals surface area contributed by atoms with Gasteiger partial charge in [-0.1, -0.05) is 17.7 Å². The number of carbonyl (C=O) groups is 4. The van der Waals surface area contributed by atoms with Gasteiger partial charge < -0.3 is 19.1 Å². The van der Waals surface area contributed by atoms with Crippen LogP contribution in [0, 0.1) is 6.92 Å². The van der Waals surface area contributed by atoms with Crippen molar-refractivity contribution < 1.29 is 33.4 Å². The van der Waals surface area contributed by atoms with Crippen LogP contribution in [0.25, 0.3) is 0 Å². The highest BCUT2D eigenvalue weighted by atomic mass is 16.7. The minimum atomic E-state index is -1.03. The molecule has 0 aromatic heterocycles. The maximum Gasteiger partial charge on any atom is 0.337 e. The Morgan fingerprint density at radius 3 is 2.09 bits per heavy atom. The highest BCUT2D eigenvalue weighted by Crippen LogP contribution is 2.27. The lowest BCUT2D eigenvalue weighted by molar-refractivity contribution is -0.128. The molecule has 0 N–H and O–H groups in total. The Morgan fingerprint density at radius 2 is 1.55 bits per heavy atom. The number of hydrogen-bond donors (Lipinski definition) is 0. The third-order valence-electron chi connectivity index (χ3n) is 5.48. The third-order valence-corrected chi connectivity index (χ3v) is 5.48. The minimum Gasteiger partial charge on any atom is -0.465 e. The molecular weight excluding hydrogens is 428 g/mol. The molecule has 1 unspecified atom stereocenters. The van der Waals surface area contributed by atoms with Gasteiger partial charge in [-0.05, 0) is 43.3 Å². The topological polar surface area (TPSA) is 102 Å². The number of benzene rings is 2. The van der Waals surface area contributed by atoms with Crippen molar-refractivity contribution in [2.75, 3.05) is 32.8 Å². The van der Waals surface area contributed by atoms with Gasteiger partial charge in [-0.2, -0.15) is 0 Å². The van der Waals surface area contributed by atoms with E-state index < -0.39 is 36.0 Å². The molecule has 3 rings (SSSR count). The summed E-state index contributed by atoms with van der Waals surface area (Å²) in [6.07, 6.45) is -0.967. The Hall–Kier alpha value is -3.56. The van der Waals surface area contributed by atoms with Gasteiger partial charge in [0.2, 0.25) is 5.91 Å². The molecule has 3 amide bonds. The average molecular weight is 454 g/mol. The van der Waals surface area contributed by atoms with Crippen molar-refractivity contribution in [1.82, 2.24) is 4.90 Å². The number of imide groups is 1. The molecule has 1 fully saturated rings. The summed E-state index contributed by atoms with van der Waals surface area (Å²) >= 11 is 0. The molecular formula is C24H26N2O7. The maximum absolute atomic E-state index is 13.3. The Balaban J connectivity index is 1.91. The molecule has 1 aliphatic rings. The number of amides is 3. The normalized spacial score (nSPS) is 15.8. The molecule has 0 spiro atoms. The van der Waals surface area contributed by atoms with Crippen LogP contribution >= 0.6 is 0 Å². The SMILES string of the molecule is COC(=O)c1ccc(N2C(=O)CC(N(CC(OC)OC)C(=O)c3ccc(C)cc3)C2=O)cc1. The number of ether oxygens (including phenoxy) is 3. The first-order valence-corrected chi connectivity index (χ1v) is 10.3. The van der Waals surface area contributed by atoms with Crippen molar-refractivity contribution >= 4 is 29.4 Å². The van der Waals surface area contributed by atoms with Gasteiger partial charge in [0.1, 0.15) is 6.04 Å². The van der Waals surface area contributed by atoms with Gasteiger partial charge in [0.15, 0.2) is 6.29 Å². The number of hydrogen-bond acceptors (Lipinski definition) is 7. The molecule has 2 aromatic carbocycles. The fourth-order valence-electron chi connectivity index (χ4n) is 3.61. The summed E-state index contributed by atoms with van der Waals surface area (Å²) in [6.45, 7) is 1.86. The lowest BCUT2D eigenvalue weighted by Gasteiger charge is -2.30. The van der Waals surface area contributed by atoms with E-state index in [0.717, 1.165) is 10.5 Å². The summed E-state index contributed by atoms with van der Waals surface area (Å²) in [5.74, 6) is -1.94. The van der Waals surface area contributed by atoms with Crippen LogP contribution in [0.15, 0.2) is 48.5 Å². The van der Waals surface area contributed by atoms with E-state index in [-0.39, 0.29) is 18.5 Å². The molecule has 0 saturated carbocycles. The van der Waals surface area contributed by atoms with E-state index in [9.17, 15) is 19.2 Å². The van der Waals surface area contributed by atoms with Gasteiger partial charge in [0.05, 0.1) is 31.3 Å². The average Bonchev–Trinajstić information content (AvgIpc) is 3.13. The van der Waals surface area contributed by atoms with E-state index >= 15 is 0 Å². The first kappa shape index (κ1) is 24.1. The quantitative estimate of drug-likeness (QED) is 0.342. The molecule has 174 valence electrons. The lowest BCUT2D eigenvalue weighted by Crippen LogP contribution is -2.49. The Morgan fingerprint density at radius 1 is 0.970 bits per heavy atom. The molecule has 0 aliphatic carbocycles. The molecule has 9 heteroatoms. The molecule has 2 aromatic rings.